The number of ether oxygens (including phenoxy) is 3. The van der Waals surface area contributed by atoms with E-state index in [1.165, 1.54) is 12.8 Å². The first kappa shape index (κ1) is 23.6. The second-order valence-electron chi connectivity index (χ2n) is 11.4. The van der Waals surface area contributed by atoms with Crippen molar-refractivity contribution in [2.45, 2.75) is 91.6 Å². The summed E-state index contributed by atoms with van der Waals surface area (Å²) in [6.07, 6.45) is 8.04. The minimum Gasteiger partial charge on any atom is -0.465 e. The molecule has 4 aliphatic carbocycles. The molecule has 0 spiro atoms. The molecule has 0 saturated heterocycles. The van der Waals surface area contributed by atoms with Crippen molar-refractivity contribution in [2.24, 2.45) is 34.5 Å². The number of methoxy groups -OCH3 is 1. The number of carbonyl (C=O) groups excluding carboxylic acids is 2. The standard InChI is InChI=1S/C25H42O5/c1-7-23(2,3)22(27)29-11-10-21(26)30-25(24(4,5)16-28-6)19-9-8-17-12-18(14-19)15-20(25)13-17/h17-20H,7-16H2,1-6H3. The molecule has 0 aromatic rings. The van der Waals surface area contributed by atoms with Gasteiger partial charge in [-0.15, -0.1) is 0 Å². The summed E-state index contributed by atoms with van der Waals surface area (Å²) in [5.74, 6) is 1.86. The van der Waals surface area contributed by atoms with Crippen LogP contribution in [-0.4, -0.2) is 37.9 Å². The molecule has 0 aliphatic heterocycles. The van der Waals surface area contributed by atoms with Crippen LogP contribution in [0.1, 0.15) is 86.0 Å². The largest absolute Gasteiger partial charge is 0.465 e. The Balaban J connectivity index is 1.75. The Bertz CT molecular complexity index is 629. The summed E-state index contributed by atoms with van der Waals surface area (Å²) in [7, 11) is 1.73. The van der Waals surface area contributed by atoms with Crippen LogP contribution in [0.4, 0.5) is 0 Å². The highest BCUT2D eigenvalue weighted by Gasteiger charge is 2.63. The van der Waals surface area contributed by atoms with Crippen molar-refractivity contribution >= 4 is 11.9 Å². The Kier molecular flexibility index (Phi) is 6.91. The molecular formula is C25H42O5. The summed E-state index contributed by atoms with van der Waals surface area (Å²) < 4.78 is 17.5. The third-order valence-electron chi connectivity index (χ3n) is 8.48. The van der Waals surface area contributed by atoms with Crippen LogP contribution in [0.5, 0.6) is 0 Å². The molecule has 4 aliphatic rings. The van der Waals surface area contributed by atoms with E-state index in [1.807, 2.05) is 20.8 Å². The smallest absolute Gasteiger partial charge is 0.311 e. The monoisotopic (exact) mass is 422 g/mol. The van der Waals surface area contributed by atoms with Crippen LogP contribution < -0.4 is 0 Å². The fourth-order valence-electron chi connectivity index (χ4n) is 6.71. The van der Waals surface area contributed by atoms with Crippen LogP contribution >= 0.6 is 0 Å². The van der Waals surface area contributed by atoms with Crippen LogP contribution in [-0.2, 0) is 23.8 Å². The molecule has 5 atom stereocenters. The summed E-state index contributed by atoms with van der Waals surface area (Å²) in [6.45, 7) is 10.8. The maximum atomic E-state index is 13.0. The highest BCUT2D eigenvalue weighted by atomic mass is 16.6. The van der Waals surface area contributed by atoms with E-state index in [1.54, 1.807) is 7.11 Å². The van der Waals surface area contributed by atoms with Crippen molar-refractivity contribution < 1.29 is 23.8 Å². The molecule has 4 rings (SSSR count). The van der Waals surface area contributed by atoms with Crippen LogP contribution in [0.2, 0.25) is 0 Å². The zero-order chi connectivity index (χ0) is 22.2. The predicted molar refractivity (Wildman–Crippen MR) is 116 cm³/mol. The molecule has 5 unspecified atom stereocenters. The van der Waals surface area contributed by atoms with E-state index < -0.39 is 11.0 Å². The van der Waals surface area contributed by atoms with Crippen molar-refractivity contribution in [1.29, 1.82) is 0 Å². The number of hydrogen-bond acceptors (Lipinski definition) is 5. The minimum absolute atomic E-state index is 0.0858. The van der Waals surface area contributed by atoms with Gasteiger partial charge in [-0.05, 0) is 70.1 Å². The first-order valence-corrected chi connectivity index (χ1v) is 11.9. The van der Waals surface area contributed by atoms with Gasteiger partial charge in [0.2, 0.25) is 0 Å². The number of rotatable bonds is 9. The molecule has 5 nitrogen and oxygen atoms in total. The minimum atomic E-state index is -0.523. The van der Waals surface area contributed by atoms with Crippen molar-refractivity contribution in [3.05, 3.63) is 0 Å². The summed E-state index contributed by atoms with van der Waals surface area (Å²) >= 11 is 0. The molecule has 0 aromatic carbocycles. The third-order valence-corrected chi connectivity index (χ3v) is 8.48. The molecule has 30 heavy (non-hydrogen) atoms. The Morgan fingerprint density at radius 3 is 2.30 bits per heavy atom. The van der Waals surface area contributed by atoms with Gasteiger partial charge in [0, 0.05) is 18.4 Å². The van der Waals surface area contributed by atoms with Gasteiger partial charge in [-0.25, -0.2) is 0 Å². The molecule has 0 radical (unpaired) electrons. The number of fused-ring (bicyclic) bond motifs is 1. The van der Waals surface area contributed by atoms with Gasteiger partial charge in [0.15, 0.2) is 0 Å². The topological polar surface area (TPSA) is 61.8 Å². The van der Waals surface area contributed by atoms with E-state index in [0.717, 1.165) is 37.5 Å². The summed E-state index contributed by atoms with van der Waals surface area (Å²) in [5.41, 5.74) is -1.27. The van der Waals surface area contributed by atoms with Crippen LogP contribution in [0.3, 0.4) is 0 Å². The Labute approximate surface area is 182 Å². The van der Waals surface area contributed by atoms with Crippen molar-refractivity contribution in [2.75, 3.05) is 20.3 Å². The lowest BCUT2D eigenvalue weighted by Gasteiger charge is -2.59. The molecular weight excluding hydrogens is 380 g/mol. The van der Waals surface area contributed by atoms with Gasteiger partial charge >= 0.3 is 11.9 Å². The van der Waals surface area contributed by atoms with E-state index in [9.17, 15) is 9.59 Å². The zero-order valence-corrected chi connectivity index (χ0v) is 19.9. The van der Waals surface area contributed by atoms with Gasteiger partial charge < -0.3 is 14.2 Å². The molecule has 0 heterocycles. The summed E-state index contributed by atoms with van der Waals surface area (Å²) in [5, 5.41) is 0. The fourth-order valence-corrected chi connectivity index (χ4v) is 6.71. The molecule has 172 valence electrons. The molecule has 5 heteroatoms. The van der Waals surface area contributed by atoms with Gasteiger partial charge in [0.05, 0.1) is 18.4 Å². The van der Waals surface area contributed by atoms with Crippen LogP contribution in [0.15, 0.2) is 0 Å². The number of esters is 2. The average Bonchev–Trinajstić information content (AvgIpc) is 2.88. The van der Waals surface area contributed by atoms with Crippen LogP contribution in [0.25, 0.3) is 0 Å². The molecule has 4 bridgehead atoms. The quantitative estimate of drug-likeness (QED) is 0.481. The highest BCUT2D eigenvalue weighted by Crippen LogP contribution is 2.62. The average molecular weight is 423 g/mol. The van der Waals surface area contributed by atoms with Crippen LogP contribution in [0, 0.1) is 34.5 Å². The van der Waals surface area contributed by atoms with E-state index in [-0.39, 0.29) is 30.4 Å². The molecule has 0 N–H and O–H groups in total. The van der Waals surface area contributed by atoms with Gasteiger partial charge in [-0.3, -0.25) is 9.59 Å². The van der Waals surface area contributed by atoms with E-state index in [0.29, 0.717) is 24.9 Å². The maximum Gasteiger partial charge on any atom is 0.311 e. The Hall–Kier alpha value is -1.10. The van der Waals surface area contributed by atoms with E-state index in [4.69, 9.17) is 14.2 Å². The molecule has 0 amide bonds. The van der Waals surface area contributed by atoms with E-state index in [2.05, 4.69) is 13.8 Å². The second-order valence-corrected chi connectivity index (χ2v) is 11.4. The number of hydrogen-bond donors (Lipinski definition) is 0. The third kappa shape index (κ3) is 4.28. The van der Waals surface area contributed by atoms with E-state index >= 15 is 0 Å². The zero-order valence-electron chi connectivity index (χ0n) is 19.9. The first-order chi connectivity index (χ1) is 14.1. The van der Waals surface area contributed by atoms with Crippen molar-refractivity contribution in [1.82, 2.24) is 0 Å². The van der Waals surface area contributed by atoms with Crippen molar-refractivity contribution in [3.63, 3.8) is 0 Å². The number of carbonyl (C=O) groups is 2. The molecule has 4 fully saturated rings. The summed E-state index contributed by atoms with van der Waals surface area (Å²) in [4.78, 5) is 25.3. The van der Waals surface area contributed by atoms with Gasteiger partial charge in [0.1, 0.15) is 12.2 Å². The molecule has 0 aromatic heterocycles. The molecule has 4 saturated carbocycles. The SMILES string of the molecule is CCC(C)(C)C(=O)OCCC(=O)OC1(C(C)(C)COC)C2CCC3CC(C2)CC1C3. The first-order valence-electron chi connectivity index (χ1n) is 11.9. The lowest BCUT2D eigenvalue weighted by molar-refractivity contribution is -0.230. The fraction of sp³-hybridized carbons (Fsp3) is 0.920. The van der Waals surface area contributed by atoms with Gasteiger partial charge in [-0.1, -0.05) is 27.2 Å². The lowest BCUT2D eigenvalue weighted by atomic mass is 9.52. The van der Waals surface area contributed by atoms with Gasteiger partial charge in [0.25, 0.3) is 0 Å². The van der Waals surface area contributed by atoms with Gasteiger partial charge in [-0.2, -0.15) is 0 Å². The normalized spacial score (nSPS) is 33.3. The second kappa shape index (κ2) is 8.80. The Morgan fingerprint density at radius 2 is 1.63 bits per heavy atom. The predicted octanol–water partition coefficient (Wildman–Crippen LogP) is 5.16. The highest BCUT2D eigenvalue weighted by molar-refractivity contribution is 5.76. The lowest BCUT2D eigenvalue weighted by Crippen LogP contribution is -2.63. The summed E-state index contributed by atoms with van der Waals surface area (Å²) in [6, 6.07) is 0. The Morgan fingerprint density at radius 1 is 0.967 bits per heavy atom. The maximum absolute atomic E-state index is 13.0. The van der Waals surface area contributed by atoms with Crippen molar-refractivity contribution in [3.8, 4) is 0 Å².